The standard InChI is InChI=1S/C22H15Cl2F3N6O/c1-11-6-19(20-30-16-8-14(22(25,26)27)15(24)9-17(16)31-20)32(10-11)21(34)13-7-12(23)2-3-18(13)33-28-4-5-29-33/h2-5,7-9,19H,1,6,10H2,(H,30,31). The van der Waals surface area contributed by atoms with Crippen molar-refractivity contribution in [3.05, 3.63) is 81.9 Å². The highest BCUT2D eigenvalue weighted by molar-refractivity contribution is 6.32. The van der Waals surface area contributed by atoms with Gasteiger partial charge in [0.15, 0.2) is 0 Å². The van der Waals surface area contributed by atoms with Crippen molar-refractivity contribution in [2.75, 3.05) is 6.54 Å². The highest BCUT2D eigenvalue weighted by Crippen LogP contribution is 2.39. The fourth-order valence-corrected chi connectivity index (χ4v) is 4.47. The number of nitrogens with one attached hydrogen (secondary N) is 1. The van der Waals surface area contributed by atoms with Gasteiger partial charge in [-0.15, -0.1) is 0 Å². The molecular weight excluding hydrogens is 492 g/mol. The Morgan fingerprint density at radius 3 is 2.59 bits per heavy atom. The molecule has 34 heavy (non-hydrogen) atoms. The average molecular weight is 507 g/mol. The van der Waals surface area contributed by atoms with Crippen molar-refractivity contribution in [2.45, 2.75) is 18.6 Å². The van der Waals surface area contributed by atoms with Crippen LogP contribution in [0.25, 0.3) is 16.7 Å². The van der Waals surface area contributed by atoms with Gasteiger partial charge in [0.25, 0.3) is 5.91 Å². The molecule has 4 aromatic rings. The Kier molecular flexibility index (Phi) is 5.37. The number of benzene rings is 2. The summed E-state index contributed by atoms with van der Waals surface area (Å²) in [6.45, 7) is 4.24. The van der Waals surface area contributed by atoms with Gasteiger partial charge in [-0.3, -0.25) is 4.79 Å². The molecule has 1 amide bonds. The van der Waals surface area contributed by atoms with Gasteiger partial charge in [-0.05, 0) is 36.8 Å². The number of imidazole rings is 1. The van der Waals surface area contributed by atoms with Crippen LogP contribution < -0.4 is 0 Å². The van der Waals surface area contributed by atoms with E-state index in [-0.39, 0.29) is 29.0 Å². The molecule has 2 aromatic heterocycles. The highest BCUT2D eigenvalue weighted by Gasteiger charge is 2.37. The number of carbonyl (C=O) groups is 1. The van der Waals surface area contributed by atoms with E-state index in [1.54, 1.807) is 17.0 Å². The largest absolute Gasteiger partial charge is 0.417 e. The summed E-state index contributed by atoms with van der Waals surface area (Å²) >= 11 is 12.0. The molecule has 174 valence electrons. The van der Waals surface area contributed by atoms with Gasteiger partial charge >= 0.3 is 6.18 Å². The monoisotopic (exact) mass is 506 g/mol. The van der Waals surface area contributed by atoms with E-state index in [9.17, 15) is 18.0 Å². The fraction of sp³-hybridized carbons (Fsp3) is 0.182. The number of hydrogen-bond acceptors (Lipinski definition) is 4. The fourth-order valence-electron chi connectivity index (χ4n) is 4.03. The summed E-state index contributed by atoms with van der Waals surface area (Å²) in [5.74, 6) is -0.0360. The predicted octanol–water partition coefficient (Wildman–Crippen LogP) is 5.61. The van der Waals surface area contributed by atoms with Gasteiger partial charge in [0, 0.05) is 11.6 Å². The minimum absolute atomic E-state index is 0.167. The van der Waals surface area contributed by atoms with E-state index in [1.165, 1.54) is 23.3 Å². The lowest BCUT2D eigenvalue weighted by atomic mass is 10.1. The summed E-state index contributed by atoms with van der Waals surface area (Å²) in [5.41, 5.74) is 0.941. The Labute approximate surface area is 200 Å². The molecule has 0 spiro atoms. The molecule has 1 N–H and O–H groups in total. The molecule has 1 fully saturated rings. The quantitative estimate of drug-likeness (QED) is 0.366. The number of H-pyrrole nitrogens is 1. The first kappa shape index (κ1) is 22.4. The Bertz CT molecular complexity index is 1430. The number of fused-ring (bicyclic) bond motifs is 1. The minimum Gasteiger partial charge on any atom is -0.340 e. The molecule has 5 rings (SSSR count). The molecule has 12 heteroatoms. The van der Waals surface area contributed by atoms with Crippen LogP contribution in [-0.4, -0.2) is 42.3 Å². The van der Waals surface area contributed by atoms with Crippen LogP contribution in [0.2, 0.25) is 10.0 Å². The van der Waals surface area contributed by atoms with E-state index in [4.69, 9.17) is 23.2 Å². The zero-order valence-corrected chi connectivity index (χ0v) is 18.8. The molecule has 2 aromatic carbocycles. The van der Waals surface area contributed by atoms with E-state index in [0.717, 1.165) is 17.7 Å². The topological polar surface area (TPSA) is 79.7 Å². The second kappa shape index (κ2) is 8.14. The Hall–Kier alpha value is -3.37. The lowest BCUT2D eigenvalue weighted by molar-refractivity contribution is -0.137. The number of rotatable bonds is 3. The molecule has 3 heterocycles. The Balaban J connectivity index is 1.55. The number of likely N-dealkylation sites (tertiary alicyclic amines) is 1. The van der Waals surface area contributed by atoms with E-state index in [2.05, 4.69) is 26.7 Å². The maximum Gasteiger partial charge on any atom is 0.417 e. The lowest BCUT2D eigenvalue weighted by Crippen LogP contribution is -2.32. The summed E-state index contributed by atoms with van der Waals surface area (Å²) < 4.78 is 39.8. The first-order valence-corrected chi connectivity index (χ1v) is 10.8. The number of nitrogens with zero attached hydrogens (tertiary/aromatic N) is 5. The zero-order chi connectivity index (χ0) is 24.2. The van der Waals surface area contributed by atoms with Gasteiger partial charge < -0.3 is 9.88 Å². The summed E-state index contributed by atoms with van der Waals surface area (Å²) in [6, 6.07) is 6.29. The van der Waals surface area contributed by atoms with Crippen molar-refractivity contribution < 1.29 is 18.0 Å². The molecule has 0 aliphatic carbocycles. The SMILES string of the molecule is C=C1CC(c2nc3cc(Cl)c(C(F)(F)F)cc3[nH]2)N(C(=O)c2cc(Cl)ccc2-n2nccn2)C1. The summed E-state index contributed by atoms with van der Waals surface area (Å²) in [7, 11) is 0. The third-order valence-corrected chi connectivity index (χ3v) is 6.09. The molecule has 1 aliphatic rings. The Morgan fingerprint density at radius 2 is 1.88 bits per heavy atom. The predicted molar refractivity (Wildman–Crippen MR) is 120 cm³/mol. The van der Waals surface area contributed by atoms with Gasteiger partial charge in [0.05, 0.1) is 51.3 Å². The number of aromatic amines is 1. The maximum absolute atomic E-state index is 13.6. The van der Waals surface area contributed by atoms with Crippen molar-refractivity contribution in [1.82, 2.24) is 29.9 Å². The number of amides is 1. The molecule has 1 saturated heterocycles. The van der Waals surface area contributed by atoms with E-state index >= 15 is 0 Å². The first-order valence-electron chi connectivity index (χ1n) is 10.0. The van der Waals surface area contributed by atoms with Crippen LogP contribution >= 0.6 is 23.2 Å². The summed E-state index contributed by atoms with van der Waals surface area (Å²) in [5, 5.41) is 8.10. The second-order valence-electron chi connectivity index (χ2n) is 7.85. The van der Waals surface area contributed by atoms with Crippen LogP contribution in [0.1, 0.15) is 34.2 Å². The smallest absolute Gasteiger partial charge is 0.340 e. The molecule has 0 saturated carbocycles. The van der Waals surface area contributed by atoms with Crippen LogP contribution in [0.4, 0.5) is 13.2 Å². The highest BCUT2D eigenvalue weighted by atomic mass is 35.5. The van der Waals surface area contributed by atoms with Crippen molar-refractivity contribution in [1.29, 1.82) is 0 Å². The second-order valence-corrected chi connectivity index (χ2v) is 8.70. The van der Waals surface area contributed by atoms with E-state index in [1.807, 2.05) is 0 Å². The van der Waals surface area contributed by atoms with Crippen LogP contribution in [0.15, 0.2) is 54.9 Å². The van der Waals surface area contributed by atoms with Crippen LogP contribution in [0, 0.1) is 0 Å². The molecule has 0 bridgehead atoms. The van der Waals surface area contributed by atoms with Gasteiger partial charge in [-0.25, -0.2) is 4.98 Å². The van der Waals surface area contributed by atoms with Crippen LogP contribution in [-0.2, 0) is 6.18 Å². The van der Waals surface area contributed by atoms with Crippen LogP contribution in [0.5, 0.6) is 0 Å². The van der Waals surface area contributed by atoms with Gasteiger partial charge in [-0.1, -0.05) is 35.4 Å². The number of aromatic nitrogens is 5. The Morgan fingerprint density at radius 1 is 1.15 bits per heavy atom. The summed E-state index contributed by atoms with van der Waals surface area (Å²) in [4.78, 5) is 23.9. The summed E-state index contributed by atoms with van der Waals surface area (Å²) in [6.07, 6.45) is -1.25. The third-order valence-electron chi connectivity index (χ3n) is 5.55. The van der Waals surface area contributed by atoms with E-state index in [0.29, 0.717) is 23.0 Å². The number of hydrogen-bond donors (Lipinski definition) is 1. The van der Waals surface area contributed by atoms with Gasteiger partial charge in [-0.2, -0.15) is 28.2 Å². The van der Waals surface area contributed by atoms with Gasteiger partial charge in [0.1, 0.15) is 5.82 Å². The zero-order valence-electron chi connectivity index (χ0n) is 17.3. The molecular formula is C22H15Cl2F3N6O. The first-order chi connectivity index (χ1) is 16.1. The van der Waals surface area contributed by atoms with Crippen molar-refractivity contribution >= 4 is 40.1 Å². The lowest BCUT2D eigenvalue weighted by Gasteiger charge is -2.24. The van der Waals surface area contributed by atoms with Crippen molar-refractivity contribution in [2.24, 2.45) is 0 Å². The van der Waals surface area contributed by atoms with Crippen molar-refractivity contribution in [3.8, 4) is 5.69 Å². The number of carbonyl (C=O) groups excluding carboxylic acids is 1. The number of halogens is 5. The maximum atomic E-state index is 13.6. The number of alkyl halides is 3. The van der Waals surface area contributed by atoms with Crippen molar-refractivity contribution in [3.63, 3.8) is 0 Å². The van der Waals surface area contributed by atoms with E-state index < -0.39 is 22.8 Å². The van der Waals surface area contributed by atoms with Gasteiger partial charge in [0.2, 0.25) is 0 Å². The normalized spacial score (nSPS) is 16.6. The molecule has 1 aliphatic heterocycles. The molecule has 0 radical (unpaired) electrons. The minimum atomic E-state index is -4.61. The molecule has 1 atom stereocenters. The molecule has 1 unspecified atom stereocenters. The third kappa shape index (κ3) is 3.92. The average Bonchev–Trinajstić information content (AvgIpc) is 3.51. The molecule has 7 nitrogen and oxygen atoms in total. The van der Waals surface area contributed by atoms with Crippen LogP contribution in [0.3, 0.4) is 0 Å².